The lowest BCUT2D eigenvalue weighted by Crippen LogP contribution is -2.58. The molecule has 32 heavy (non-hydrogen) atoms. The van der Waals surface area contributed by atoms with E-state index in [-0.39, 0.29) is 42.4 Å². The quantitative estimate of drug-likeness (QED) is 0.649. The number of hydrogen-bond donors (Lipinski definition) is 2. The number of ether oxygens (including phenoxy) is 1. The van der Waals surface area contributed by atoms with Crippen molar-refractivity contribution in [3.05, 3.63) is 30.1 Å². The summed E-state index contributed by atoms with van der Waals surface area (Å²) < 4.78 is 5.83. The maximum Gasteiger partial charge on any atom is 0.290 e. The van der Waals surface area contributed by atoms with E-state index < -0.39 is 12.1 Å². The van der Waals surface area contributed by atoms with Crippen LogP contribution in [0.5, 0.6) is 0 Å². The first-order valence-corrected chi connectivity index (χ1v) is 11.0. The third-order valence-corrected chi connectivity index (χ3v) is 6.74. The molecule has 10 heteroatoms. The van der Waals surface area contributed by atoms with Crippen LogP contribution in [-0.4, -0.2) is 81.5 Å². The zero-order chi connectivity index (χ0) is 22.7. The number of carboxylic acid groups (broad SMARTS) is 1. The molecule has 1 aromatic heterocycles. The second kappa shape index (κ2) is 9.23. The first-order valence-electron chi connectivity index (χ1n) is 11.0. The molecule has 0 bridgehead atoms. The number of morpholine rings is 1. The number of nitrogens with zero attached hydrogens (tertiary/aromatic N) is 3. The molecule has 4 heterocycles. The van der Waals surface area contributed by atoms with Crippen LogP contribution in [0.2, 0.25) is 0 Å². The van der Waals surface area contributed by atoms with Crippen molar-refractivity contribution < 1.29 is 29.0 Å². The molecule has 10 nitrogen and oxygen atoms in total. The third-order valence-electron chi connectivity index (χ3n) is 6.74. The second-order valence-corrected chi connectivity index (χ2v) is 8.75. The van der Waals surface area contributed by atoms with E-state index in [1.54, 1.807) is 12.4 Å². The molecule has 1 aliphatic carbocycles. The summed E-state index contributed by atoms with van der Waals surface area (Å²) in [7, 11) is 0. The van der Waals surface area contributed by atoms with Crippen molar-refractivity contribution in [3.8, 4) is 0 Å². The molecule has 3 saturated heterocycles. The van der Waals surface area contributed by atoms with Crippen LogP contribution in [0.25, 0.3) is 0 Å². The van der Waals surface area contributed by atoms with Gasteiger partial charge in [0, 0.05) is 43.5 Å². The Morgan fingerprint density at radius 2 is 1.97 bits per heavy atom. The summed E-state index contributed by atoms with van der Waals surface area (Å²) in [5, 5.41) is 10.00. The van der Waals surface area contributed by atoms with Crippen molar-refractivity contribution >= 4 is 24.2 Å². The molecule has 1 spiro atoms. The number of carbonyl (C=O) groups is 4. The van der Waals surface area contributed by atoms with Gasteiger partial charge in [-0.25, -0.2) is 0 Å². The Labute approximate surface area is 185 Å². The molecule has 3 aliphatic heterocycles. The standard InChI is InChI=1S/C21H26N4O4.CH2O2/c26-16-5-6-21(23-16)7-10-24(11-8-21)20(28)19-18(14-2-1-9-22-12-14)25(15-3-4-15)17(27)13-29-19;2-1-3/h1-2,9,12,15,18-19H,3-8,10-11,13H2,(H,23,26);1H,(H,2,3)/t18-,19+;/m1./s1. The summed E-state index contributed by atoms with van der Waals surface area (Å²) in [5.41, 5.74) is 0.683. The molecular formula is C22H28N4O6. The van der Waals surface area contributed by atoms with Crippen molar-refractivity contribution in [1.82, 2.24) is 20.1 Å². The molecule has 5 rings (SSSR count). The first-order chi connectivity index (χ1) is 15.5. The molecule has 1 aromatic rings. The van der Waals surface area contributed by atoms with Crippen LogP contribution in [0.4, 0.5) is 0 Å². The van der Waals surface area contributed by atoms with Gasteiger partial charge in [-0.15, -0.1) is 0 Å². The predicted molar refractivity (Wildman–Crippen MR) is 111 cm³/mol. The van der Waals surface area contributed by atoms with E-state index in [1.165, 1.54) is 0 Å². The van der Waals surface area contributed by atoms with Crippen molar-refractivity contribution in [3.63, 3.8) is 0 Å². The Morgan fingerprint density at radius 1 is 1.25 bits per heavy atom. The van der Waals surface area contributed by atoms with E-state index in [4.69, 9.17) is 14.6 Å². The number of carbonyl (C=O) groups excluding carboxylic acids is 3. The van der Waals surface area contributed by atoms with Gasteiger partial charge in [-0.3, -0.25) is 24.2 Å². The Morgan fingerprint density at radius 3 is 2.53 bits per heavy atom. The molecule has 2 N–H and O–H groups in total. The first kappa shape index (κ1) is 22.2. The fourth-order valence-electron chi connectivity index (χ4n) is 4.99. The predicted octanol–water partition coefficient (Wildman–Crippen LogP) is 0.485. The maximum atomic E-state index is 13.5. The lowest BCUT2D eigenvalue weighted by molar-refractivity contribution is -0.171. The Balaban J connectivity index is 0.000000775. The number of rotatable bonds is 3. The number of likely N-dealkylation sites (tertiary alicyclic amines) is 1. The lowest BCUT2D eigenvalue weighted by atomic mass is 9.86. The zero-order valence-electron chi connectivity index (χ0n) is 17.8. The van der Waals surface area contributed by atoms with Crippen molar-refractivity contribution in [2.75, 3.05) is 19.7 Å². The molecular weight excluding hydrogens is 416 g/mol. The fraction of sp³-hybridized carbons (Fsp3) is 0.591. The molecule has 2 atom stereocenters. The molecule has 0 radical (unpaired) electrons. The minimum atomic E-state index is -0.718. The van der Waals surface area contributed by atoms with Gasteiger partial charge in [0.1, 0.15) is 6.61 Å². The molecule has 0 aromatic carbocycles. The molecule has 4 fully saturated rings. The van der Waals surface area contributed by atoms with Gasteiger partial charge in [0.15, 0.2) is 6.10 Å². The average Bonchev–Trinajstić information content (AvgIpc) is 3.58. The largest absolute Gasteiger partial charge is 0.483 e. The van der Waals surface area contributed by atoms with Crippen LogP contribution < -0.4 is 5.32 Å². The van der Waals surface area contributed by atoms with Crippen molar-refractivity contribution in [1.29, 1.82) is 0 Å². The van der Waals surface area contributed by atoms with Crippen LogP contribution in [-0.2, 0) is 23.9 Å². The molecule has 172 valence electrons. The van der Waals surface area contributed by atoms with Crippen LogP contribution in [0.15, 0.2) is 24.5 Å². The number of amides is 3. The summed E-state index contributed by atoms with van der Waals surface area (Å²) in [4.78, 5) is 54.0. The highest BCUT2D eigenvalue weighted by molar-refractivity contribution is 5.87. The minimum Gasteiger partial charge on any atom is -0.483 e. The van der Waals surface area contributed by atoms with Crippen molar-refractivity contribution in [2.45, 2.75) is 62.3 Å². The van der Waals surface area contributed by atoms with Crippen LogP contribution in [0.3, 0.4) is 0 Å². The Kier molecular flexibility index (Phi) is 6.40. The second-order valence-electron chi connectivity index (χ2n) is 8.75. The highest BCUT2D eigenvalue weighted by atomic mass is 16.5. The fourth-order valence-corrected chi connectivity index (χ4v) is 4.99. The van der Waals surface area contributed by atoms with Gasteiger partial charge in [0.25, 0.3) is 12.4 Å². The summed E-state index contributed by atoms with van der Waals surface area (Å²) in [6.07, 6.45) is 7.57. The molecule has 1 saturated carbocycles. The van der Waals surface area contributed by atoms with Gasteiger partial charge >= 0.3 is 0 Å². The van der Waals surface area contributed by atoms with Gasteiger partial charge in [-0.2, -0.15) is 0 Å². The number of piperidine rings is 1. The molecule has 4 aliphatic rings. The van der Waals surface area contributed by atoms with Gasteiger partial charge in [-0.1, -0.05) is 6.07 Å². The summed E-state index contributed by atoms with van der Waals surface area (Å²) in [6, 6.07) is 3.49. The summed E-state index contributed by atoms with van der Waals surface area (Å²) in [6.45, 7) is 0.879. The number of aromatic nitrogens is 1. The number of nitrogens with one attached hydrogen (secondary N) is 1. The SMILES string of the molecule is O=C1CCC2(CCN(C(=O)[C@H]3OCC(=O)N(C4CC4)[C@@H]3c3cccnc3)CC2)N1.O=CO. The minimum absolute atomic E-state index is 0.0580. The Hall–Kier alpha value is -3.01. The van der Waals surface area contributed by atoms with E-state index in [1.807, 2.05) is 21.9 Å². The smallest absolute Gasteiger partial charge is 0.290 e. The van der Waals surface area contributed by atoms with E-state index in [0.29, 0.717) is 19.5 Å². The highest BCUT2D eigenvalue weighted by Crippen LogP contribution is 2.40. The normalized spacial score (nSPS) is 26.9. The monoisotopic (exact) mass is 444 g/mol. The van der Waals surface area contributed by atoms with E-state index in [9.17, 15) is 14.4 Å². The summed E-state index contributed by atoms with van der Waals surface area (Å²) >= 11 is 0. The van der Waals surface area contributed by atoms with Gasteiger partial charge in [0.05, 0.1) is 6.04 Å². The third kappa shape index (κ3) is 4.45. The van der Waals surface area contributed by atoms with Crippen LogP contribution in [0, 0.1) is 0 Å². The van der Waals surface area contributed by atoms with Crippen LogP contribution in [0.1, 0.15) is 50.1 Å². The van der Waals surface area contributed by atoms with Gasteiger partial charge in [-0.05, 0) is 43.7 Å². The zero-order valence-corrected chi connectivity index (χ0v) is 17.8. The average molecular weight is 444 g/mol. The van der Waals surface area contributed by atoms with E-state index >= 15 is 0 Å². The topological polar surface area (TPSA) is 129 Å². The van der Waals surface area contributed by atoms with Gasteiger partial charge < -0.3 is 25.0 Å². The van der Waals surface area contributed by atoms with Crippen molar-refractivity contribution in [2.24, 2.45) is 0 Å². The van der Waals surface area contributed by atoms with Crippen LogP contribution >= 0.6 is 0 Å². The van der Waals surface area contributed by atoms with Gasteiger partial charge in [0.2, 0.25) is 11.8 Å². The Bertz CT molecular complexity index is 866. The highest BCUT2D eigenvalue weighted by Gasteiger charge is 2.49. The number of pyridine rings is 1. The lowest BCUT2D eigenvalue weighted by Gasteiger charge is -2.44. The van der Waals surface area contributed by atoms with E-state index in [0.717, 1.165) is 37.7 Å². The molecule has 0 unspecified atom stereocenters. The van der Waals surface area contributed by atoms with E-state index in [2.05, 4.69) is 10.3 Å². The number of hydrogen-bond acceptors (Lipinski definition) is 6. The maximum absolute atomic E-state index is 13.5. The molecule has 3 amide bonds. The summed E-state index contributed by atoms with van der Waals surface area (Å²) in [5.74, 6) is -0.0246.